The topological polar surface area (TPSA) is 125 Å². The van der Waals surface area contributed by atoms with Crippen molar-refractivity contribution in [2.45, 2.75) is 57.0 Å². The van der Waals surface area contributed by atoms with E-state index in [0.29, 0.717) is 16.8 Å². The molecule has 1 atom stereocenters. The van der Waals surface area contributed by atoms with Crippen LogP contribution in [0.5, 0.6) is 0 Å². The molecule has 4 amide bonds. The summed E-state index contributed by atoms with van der Waals surface area (Å²) in [7, 11) is 0. The number of carbonyl (C=O) groups is 4. The monoisotopic (exact) mass is 441 g/mol. The van der Waals surface area contributed by atoms with Gasteiger partial charge in [-0.05, 0) is 57.3 Å². The molecule has 0 radical (unpaired) electrons. The van der Waals surface area contributed by atoms with Gasteiger partial charge in [-0.2, -0.15) is 0 Å². The summed E-state index contributed by atoms with van der Waals surface area (Å²) in [6, 6.07) is 4.46. The van der Waals surface area contributed by atoms with Gasteiger partial charge in [0.05, 0.1) is 11.1 Å². The van der Waals surface area contributed by atoms with Gasteiger partial charge < -0.3 is 16.0 Å². The highest BCUT2D eigenvalue weighted by molar-refractivity contribution is 6.25. The second-order valence-corrected chi connectivity index (χ2v) is 8.78. The molecule has 9 heteroatoms. The fourth-order valence-electron chi connectivity index (χ4n) is 4.81. The Morgan fingerprint density at radius 2 is 1.78 bits per heavy atom. The van der Waals surface area contributed by atoms with Gasteiger partial charge in [0, 0.05) is 31.2 Å². The molecule has 0 saturated carbocycles. The van der Waals surface area contributed by atoms with E-state index in [0.717, 1.165) is 63.2 Å². The third kappa shape index (κ3) is 4.54. The lowest BCUT2D eigenvalue weighted by molar-refractivity contribution is -0.136. The van der Waals surface area contributed by atoms with Crippen LogP contribution in [0.1, 0.15) is 65.7 Å². The minimum absolute atomic E-state index is 0.111. The SMILES string of the molecule is NCCCCCN1CCC(Nc2cccc3c2C(=O)N(C2CCC(=O)NC2=O)C3=O)CC1. The highest BCUT2D eigenvalue weighted by Crippen LogP contribution is 2.33. The summed E-state index contributed by atoms with van der Waals surface area (Å²) in [6.07, 6.45) is 5.57. The van der Waals surface area contributed by atoms with E-state index >= 15 is 0 Å². The van der Waals surface area contributed by atoms with Crippen LogP contribution in [0.4, 0.5) is 5.69 Å². The number of amides is 4. The van der Waals surface area contributed by atoms with Crippen molar-refractivity contribution >= 4 is 29.3 Å². The number of unbranched alkanes of at least 4 members (excludes halogenated alkanes) is 2. The number of imide groups is 2. The van der Waals surface area contributed by atoms with Crippen molar-refractivity contribution in [2.24, 2.45) is 5.73 Å². The first-order valence-electron chi connectivity index (χ1n) is 11.5. The smallest absolute Gasteiger partial charge is 0.264 e. The van der Waals surface area contributed by atoms with E-state index < -0.39 is 23.8 Å². The van der Waals surface area contributed by atoms with Gasteiger partial charge in [-0.15, -0.1) is 0 Å². The minimum Gasteiger partial charge on any atom is -0.382 e. The number of nitrogens with two attached hydrogens (primary N) is 1. The van der Waals surface area contributed by atoms with Gasteiger partial charge in [-0.25, -0.2) is 0 Å². The largest absolute Gasteiger partial charge is 0.382 e. The summed E-state index contributed by atoms with van der Waals surface area (Å²) in [6.45, 7) is 3.81. The number of nitrogens with one attached hydrogen (secondary N) is 2. The van der Waals surface area contributed by atoms with Crippen LogP contribution >= 0.6 is 0 Å². The Bertz CT molecular complexity index is 910. The molecule has 1 aromatic carbocycles. The second-order valence-electron chi connectivity index (χ2n) is 8.78. The summed E-state index contributed by atoms with van der Waals surface area (Å²) in [4.78, 5) is 53.4. The Morgan fingerprint density at radius 1 is 1.00 bits per heavy atom. The number of hydrogen-bond donors (Lipinski definition) is 3. The van der Waals surface area contributed by atoms with Crippen LogP contribution in [0.15, 0.2) is 18.2 Å². The van der Waals surface area contributed by atoms with Crippen molar-refractivity contribution in [3.05, 3.63) is 29.3 Å². The van der Waals surface area contributed by atoms with E-state index in [1.165, 1.54) is 0 Å². The van der Waals surface area contributed by atoms with Crippen molar-refractivity contribution in [2.75, 3.05) is 31.5 Å². The van der Waals surface area contributed by atoms with Crippen LogP contribution in [-0.2, 0) is 9.59 Å². The highest BCUT2D eigenvalue weighted by atomic mass is 16.2. The molecule has 4 rings (SSSR count). The molecule has 0 aliphatic carbocycles. The van der Waals surface area contributed by atoms with Crippen molar-refractivity contribution in [1.29, 1.82) is 0 Å². The number of nitrogens with zero attached hydrogens (tertiary/aromatic N) is 2. The zero-order valence-electron chi connectivity index (χ0n) is 18.3. The molecule has 1 unspecified atom stereocenters. The molecule has 3 heterocycles. The molecule has 2 fully saturated rings. The van der Waals surface area contributed by atoms with Crippen molar-refractivity contribution in [3.8, 4) is 0 Å². The van der Waals surface area contributed by atoms with Crippen molar-refractivity contribution in [3.63, 3.8) is 0 Å². The molecule has 9 nitrogen and oxygen atoms in total. The third-order valence-electron chi connectivity index (χ3n) is 6.59. The van der Waals surface area contributed by atoms with Crippen LogP contribution < -0.4 is 16.4 Å². The predicted molar refractivity (Wildman–Crippen MR) is 119 cm³/mol. The van der Waals surface area contributed by atoms with Gasteiger partial charge >= 0.3 is 0 Å². The maximum Gasteiger partial charge on any atom is 0.264 e. The summed E-state index contributed by atoms with van der Waals surface area (Å²) in [5.74, 6) is -1.92. The molecule has 32 heavy (non-hydrogen) atoms. The Hall–Kier alpha value is -2.78. The summed E-state index contributed by atoms with van der Waals surface area (Å²) in [5, 5.41) is 5.70. The van der Waals surface area contributed by atoms with E-state index in [-0.39, 0.29) is 24.8 Å². The Morgan fingerprint density at radius 3 is 2.50 bits per heavy atom. The van der Waals surface area contributed by atoms with Crippen LogP contribution in [0.25, 0.3) is 0 Å². The number of carbonyl (C=O) groups excluding carboxylic acids is 4. The third-order valence-corrected chi connectivity index (χ3v) is 6.59. The average Bonchev–Trinajstić information content (AvgIpc) is 3.04. The maximum absolute atomic E-state index is 13.2. The van der Waals surface area contributed by atoms with Gasteiger partial charge in [0.25, 0.3) is 11.8 Å². The molecule has 1 aromatic rings. The fourth-order valence-corrected chi connectivity index (χ4v) is 4.81. The molecule has 3 aliphatic heterocycles. The number of piperidine rings is 2. The molecule has 172 valence electrons. The molecule has 2 saturated heterocycles. The summed E-state index contributed by atoms with van der Waals surface area (Å²) < 4.78 is 0. The van der Waals surface area contributed by atoms with E-state index in [4.69, 9.17) is 5.73 Å². The minimum atomic E-state index is -0.949. The first kappa shape index (κ1) is 22.4. The zero-order valence-corrected chi connectivity index (χ0v) is 18.3. The van der Waals surface area contributed by atoms with Crippen LogP contribution in [0, 0.1) is 0 Å². The van der Waals surface area contributed by atoms with Crippen LogP contribution in [0.3, 0.4) is 0 Å². The van der Waals surface area contributed by atoms with E-state index in [1.54, 1.807) is 12.1 Å². The van der Waals surface area contributed by atoms with Crippen molar-refractivity contribution < 1.29 is 19.2 Å². The lowest BCUT2D eigenvalue weighted by Gasteiger charge is -2.33. The van der Waals surface area contributed by atoms with Gasteiger partial charge in [0.15, 0.2) is 0 Å². The quantitative estimate of drug-likeness (QED) is 0.407. The molecule has 0 aromatic heterocycles. The number of fused-ring (bicyclic) bond motifs is 1. The normalized spacial score (nSPS) is 22.3. The van der Waals surface area contributed by atoms with Crippen LogP contribution in [-0.4, -0.2) is 71.7 Å². The lowest BCUT2D eigenvalue weighted by Crippen LogP contribution is -2.54. The lowest BCUT2D eigenvalue weighted by atomic mass is 10.0. The molecule has 0 spiro atoms. The second kappa shape index (κ2) is 9.79. The number of likely N-dealkylation sites (tertiary alicyclic amines) is 1. The molecule has 4 N–H and O–H groups in total. The summed E-state index contributed by atoms with van der Waals surface area (Å²) in [5.41, 5.74) is 6.83. The Balaban J connectivity index is 1.41. The Labute approximate surface area is 187 Å². The summed E-state index contributed by atoms with van der Waals surface area (Å²) >= 11 is 0. The van der Waals surface area contributed by atoms with Gasteiger partial charge in [0.1, 0.15) is 6.04 Å². The maximum atomic E-state index is 13.2. The standard InChI is InChI=1S/C23H31N5O4/c24-11-2-1-3-12-27-13-9-15(10-14-27)25-17-6-4-5-16-20(17)23(32)28(22(16)31)18-7-8-19(29)26-21(18)30/h4-6,15,18,25H,1-3,7-14,24H2,(H,26,29,30). The molecule has 3 aliphatic rings. The highest BCUT2D eigenvalue weighted by Gasteiger charge is 2.45. The van der Waals surface area contributed by atoms with Gasteiger partial charge in [0.2, 0.25) is 11.8 Å². The van der Waals surface area contributed by atoms with Gasteiger partial charge in [-0.1, -0.05) is 12.5 Å². The number of anilines is 1. The molecule has 0 bridgehead atoms. The predicted octanol–water partition coefficient (Wildman–Crippen LogP) is 1.09. The van der Waals surface area contributed by atoms with Gasteiger partial charge in [-0.3, -0.25) is 29.4 Å². The fraction of sp³-hybridized carbons (Fsp3) is 0.565. The molecular weight excluding hydrogens is 410 g/mol. The number of hydrogen-bond acceptors (Lipinski definition) is 7. The molecular formula is C23H31N5O4. The van der Waals surface area contributed by atoms with E-state index in [9.17, 15) is 19.2 Å². The van der Waals surface area contributed by atoms with E-state index in [2.05, 4.69) is 15.5 Å². The first-order chi connectivity index (χ1) is 15.5. The average molecular weight is 442 g/mol. The van der Waals surface area contributed by atoms with Crippen molar-refractivity contribution in [1.82, 2.24) is 15.1 Å². The first-order valence-corrected chi connectivity index (χ1v) is 11.5. The number of rotatable bonds is 8. The Kier molecular flexibility index (Phi) is 6.86. The van der Waals surface area contributed by atoms with E-state index in [1.807, 2.05) is 6.07 Å². The van der Waals surface area contributed by atoms with Crippen LogP contribution in [0.2, 0.25) is 0 Å². The zero-order chi connectivity index (χ0) is 22.7. The number of benzene rings is 1.